The zero-order valence-corrected chi connectivity index (χ0v) is 10.0. The average Bonchev–Trinajstić information content (AvgIpc) is 2.26. The van der Waals surface area contributed by atoms with Crippen molar-refractivity contribution in [3.63, 3.8) is 0 Å². The Hall–Kier alpha value is -1.63. The lowest BCUT2D eigenvalue weighted by molar-refractivity contribution is -0.106. The molecule has 3 nitrogen and oxygen atoms in total. The van der Waals surface area contributed by atoms with Crippen molar-refractivity contribution < 1.29 is 26.4 Å². The summed E-state index contributed by atoms with van der Waals surface area (Å²) in [4.78, 5) is 10.6. The van der Waals surface area contributed by atoms with Gasteiger partial charge < -0.3 is 4.18 Å². The van der Waals surface area contributed by atoms with Gasteiger partial charge in [-0.3, -0.25) is 4.79 Å². The Morgan fingerprint density at radius 2 is 2.06 bits per heavy atom. The summed E-state index contributed by atoms with van der Waals surface area (Å²) in [5, 5.41) is 0. The molecule has 0 N–H and O–H groups in total. The van der Waals surface area contributed by atoms with Crippen LogP contribution in [0.2, 0.25) is 0 Å². The average molecular weight is 278 g/mol. The fourth-order valence-corrected chi connectivity index (χ4v) is 1.49. The highest BCUT2D eigenvalue weighted by Crippen LogP contribution is 2.23. The molecule has 0 fully saturated rings. The Labute approximate surface area is 104 Å². The van der Waals surface area contributed by atoms with Gasteiger partial charge in [0, 0.05) is 0 Å². The first-order chi connectivity index (χ1) is 8.32. The molecule has 1 atom stereocenters. The molecule has 0 aliphatic rings. The largest absolute Gasteiger partial charge is 0.508 e. The molecular weight excluding hydrogens is 269 g/mol. The first kappa shape index (κ1) is 14.4. The van der Waals surface area contributed by atoms with E-state index >= 15 is 0 Å². The quantitative estimate of drug-likeness (QED) is 0.483. The van der Waals surface area contributed by atoms with E-state index in [1.807, 2.05) is 0 Å². The third-order valence-electron chi connectivity index (χ3n) is 1.83. The van der Waals surface area contributed by atoms with Gasteiger partial charge in [-0.1, -0.05) is 29.8 Å². The van der Waals surface area contributed by atoms with E-state index < -0.39 is 22.3 Å². The fraction of sp³-hybridized carbons (Fsp3) is 0.182. The number of hydrogen-bond donors (Lipinski definition) is 0. The highest BCUT2D eigenvalue weighted by atomic mass is 32.2. The van der Waals surface area contributed by atoms with Crippen LogP contribution in [0.25, 0.3) is 6.08 Å². The van der Waals surface area contributed by atoms with Crippen molar-refractivity contribution in [1.29, 1.82) is 0 Å². The van der Waals surface area contributed by atoms with E-state index in [4.69, 9.17) is 0 Å². The molecule has 0 aliphatic heterocycles. The van der Waals surface area contributed by atoms with Gasteiger partial charge >= 0.3 is 16.6 Å². The monoisotopic (exact) mass is 278 g/mol. The van der Waals surface area contributed by atoms with Gasteiger partial charge in [0.1, 0.15) is 0 Å². The second-order valence-electron chi connectivity index (χ2n) is 3.34. The molecule has 0 bridgehead atoms. The molecule has 1 unspecified atom stereocenters. The predicted octanol–water partition coefficient (Wildman–Crippen LogP) is 2.73. The van der Waals surface area contributed by atoms with Crippen LogP contribution in [0.15, 0.2) is 30.0 Å². The highest BCUT2D eigenvalue weighted by molar-refractivity contribution is 7.81. The van der Waals surface area contributed by atoms with Crippen molar-refractivity contribution in [3.8, 4) is 0 Å². The summed E-state index contributed by atoms with van der Waals surface area (Å²) in [6.07, 6.45) is 1.16. The number of alkyl halides is 3. The van der Waals surface area contributed by atoms with Gasteiger partial charge in [-0.05, 0) is 18.6 Å². The van der Waals surface area contributed by atoms with Gasteiger partial charge in [0.2, 0.25) is 0 Å². The summed E-state index contributed by atoms with van der Waals surface area (Å²) in [5.41, 5.74) is -3.67. The Morgan fingerprint density at radius 1 is 1.39 bits per heavy atom. The third-order valence-corrected chi connectivity index (χ3v) is 2.55. The van der Waals surface area contributed by atoms with Crippen LogP contribution in [0, 0.1) is 6.92 Å². The minimum absolute atomic E-state index is 0.0754. The summed E-state index contributed by atoms with van der Waals surface area (Å²) in [6, 6.07) is 6.68. The normalized spacial score (nSPS) is 14.1. The van der Waals surface area contributed by atoms with Crippen LogP contribution < -0.4 is 0 Å². The minimum atomic E-state index is -5.02. The molecular formula is C11H9F3O3S. The number of halogens is 3. The predicted molar refractivity (Wildman–Crippen MR) is 60.5 cm³/mol. The number of carbonyl (C=O) groups excluding carboxylic acids is 1. The Balaban J connectivity index is 2.91. The van der Waals surface area contributed by atoms with Crippen LogP contribution in [-0.2, 0) is 20.1 Å². The molecule has 0 radical (unpaired) electrons. The molecule has 0 heterocycles. The smallest absolute Gasteiger partial charge is 0.391 e. The number of hydrogen-bond acceptors (Lipinski definition) is 3. The summed E-state index contributed by atoms with van der Waals surface area (Å²) in [5.74, 6) is -0.642. The lowest BCUT2D eigenvalue weighted by atomic mass is 10.1. The zero-order valence-electron chi connectivity index (χ0n) is 9.23. The molecule has 0 aromatic heterocycles. The second-order valence-corrected chi connectivity index (χ2v) is 4.44. The van der Waals surface area contributed by atoms with Gasteiger partial charge in [0.15, 0.2) is 12.0 Å². The first-order valence-corrected chi connectivity index (χ1v) is 5.81. The second kappa shape index (κ2) is 5.81. The van der Waals surface area contributed by atoms with Gasteiger partial charge in [-0.15, -0.1) is 0 Å². The number of aryl methyl sites for hydroxylation is 1. The fourth-order valence-electron chi connectivity index (χ4n) is 1.14. The Morgan fingerprint density at radius 3 is 2.56 bits per heavy atom. The van der Waals surface area contributed by atoms with Gasteiger partial charge in [-0.25, -0.2) is 4.21 Å². The molecule has 98 valence electrons. The molecule has 1 aromatic carbocycles. The van der Waals surface area contributed by atoms with Gasteiger partial charge in [0.05, 0.1) is 0 Å². The van der Waals surface area contributed by atoms with Crippen molar-refractivity contribution in [2.45, 2.75) is 12.4 Å². The van der Waals surface area contributed by atoms with E-state index in [1.54, 1.807) is 31.2 Å². The Kier molecular flexibility index (Phi) is 4.66. The molecule has 0 aliphatic carbocycles. The molecule has 0 saturated heterocycles. The van der Waals surface area contributed by atoms with E-state index in [0.717, 1.165) is 11.6 Å². The topological polar surface area (TPSA) is 43.4 Å². The summed E-state index contributed by atoms with van der Waals surface area (Å²) in [7, 11) is 0. The van der Waals surface area contributed by atoms with Crippen molar-refractivity contribution in [2.75, 3.05) is 0 Å². The maximum atomic E-state index is 12.0. The Bertz CT molecular complexity index is 495. The number of aldehydes is 1. The lowest BCUT2D eigenvalue weighted by Crippen LogP contribution is -2.18. The molecule has 1 rings (SSSR count). The summed E-state index contributed by atoms with van der Waals surface area (Å²) >= 11 is -3.55. The maximum absolute atomic E-state index is 12.0. The van der Waals surface area contributed by atoms with E-state index in [9.17, 15) is 22.2 Å². The zero-order chi connectivity index (χ0) is 13.8. The van der Waals surface area contributed by atoms with E-state index in [-0.39, 0.29) is 6.29 Å². The maximum Gasteiger partial charge on any atom is 0.508 e. The van der Waals surface area contributed by atoms with Crippen LogP contribution >= 0.6 is 0 Å². The van der Waals surface area contributed by atoms with E-state index in [2.05, 4.69) is 4.18 Å². The van der Waals surface area contributed by atoms with Crippen LogP contribution in [0.5, 0.6) is 0 Å². The van der Waals surface area contributed by atoms with Crippen molar-refractivity contribution >= 4 is 23.4 Å². The number of allylic oxidation sites excluding steroid dienone is 1. The van der Waals surface area contributed by atoms with Gasteiger partial charge in [-0.2, -0.15) is 13.2 Å². The van der Waals surface area contributed by atoms with Gasteiger partial charge in [0.25, 0.3) is 0 Å². The van der Waals surface area contributed by atoms with Crippen LogP contribution in [-0.4, -0.2) is 16.0 Å². The summed E-state index contributed by atoms with van der Waals surface area (Å²) < 4.78 is 50.6. The highest BCUT2D eigenvalue weighted by Gasteiger charge is 2.40. The third kappa shape index (κ3) is 4.33. The van der Waals surface area contributed by atoms with E-state index in [1.165, 1.54) is 0 Å². The van der Waals surface area contributed by atoms with Crippen molar-refractivity contribution in [2.24, 2.45) is 0 Å². The summed E-state index contributed by atoms with van der Waals surface area (Å²) in [6.45, 7) is 1.78. The standard InChI is InChI=1S/C11H9F3O3S/c1-8-3-2-4-9(5-8)6-10(7-15)17-18(16)11(12,13)14/h2-7H,1H3/b10-6+. The minimum Gasteiger partial charge on any atom is -0.391 e. The molecule has 0 amide bonds. The van der Waals surface area contributed by atoms with Crippen molar-refractivity contribution in [3.05, 3.63) is 41.2 Å². The number of benzene rings is 1. The number of carbonyl (C=O) groups is 1. The van der Waals surface area contributed by atoms with Crippen LogP contribution in [0.4, 0.5) is 13.2 Å². The first-order valence-electron chi connectivity index (χ1n) is 4.73. The molecule has 0 saturated carbocycles. The molecule has 0 spiro atoms. The molecule has 18 heavy (non-hydrogen) atoms. The SMILES string of the molecule is Cc1cccc(/C=C(\C=O)OS(=O)C(F)(F)F)c1. The van der Waals surface area contributed by atoms with Crippen LogP contribution in [0.3, 0.4) is 0 Å². The van der Waals surface area contributed by atoms with E-state index in [0.29, 0.717) is 5.56 Å². The molecule has 1 aromatic rings. The lowest BCUT2D eigenvalue weighted by Gasteiger charge is -2.06. The van der Waals surface area contributed by atoms with Crippen LogP contribution in [0.1, 0.15) is 11.1 Å². The van der Waals surface area contributed by atoms with Crippen molar-refractivity contribution in [1.82, 2.24) is 0 Å². The molecule has 7 heteroatoms. The number of rotatable bonds is 4.